The first-order valence-corrected chi connectivity index (χ1v) is 10.9. The zero-order valence-corrected chi connectivity index (χ0v) is 18.6. The molecule has 0 aliphatic rings. The van der Waals surface area contributed by atoms with Gasteiger partial charge >= 0.3 is 11.7 Å². The lowest BCUT2D eigenvalue weighted by Gasteiger charge is -2.11. The summed E-state index contributed by atoms with van der Waals surface area (Å²) in [6, 6.07) is 5.25. The number of thiophene rings is 1. The van der Waals surface area contributed by atoms with Gasteiger partial charge in [-0.2, -0.15) is 0 Å². The maximum Gasteiger partial charge on any atom is 0.408 e. The first-order valence-electron chi connectivity index (χ1n) is 10.1. The third-order valence-corrected chi connectivity index (χ3v) is 5.74. The van der Waals surface area contributed by atoms with Crippen LogP contribution in [0.3, 0.4) is 0 Å². The molecular weight excluding hydrogens is 418 g/mol. The average Bonchev–Trinajstić information content (AvgIpc) is 3.13. The number of rotatable bonds is 10. The quantitative estimate of drug-likeness (QED) is 0.337. The summed E-state index contributed by atoms with van der Waals surface area (Å²) in [7, 11) is 0. The van der Waals surface area contributed by atoms with Gasteiger partial charge in [-0.3, -0.25) is 10.1 Å². The number of ketones is 1. The Morgan fingerprint density at radius 3 is 2.71 bits per heavy atom. The zero-order valence-electron chi connectivity index (χ0n) is 17.8. The highest BCUT2D eigenvalue weighted by atomic mass is 32.1. The van der Waals surface area contributed by atoms with Crippen LogP contribution >= 0.6 is 11.3 Å². The van der Waals surface area contributed by atoms with Gasteiger partial charge < -0.3 is 14.6 Å². The van der Waals surface area contributed by atoms with E-state index >= 15 is 0 Å². The number of allylic oxidation sites excluding steroid dienone is 2. The molecule has 0 spiro atoms. The van der Waals surface area contributed by atoms with Crippen LogP contribution in [0.15, 0.2) is 45.3 Å². The minimum absolute atomic E-state index is 0.211. The van der Waals surface area contributed by atoms with Gasteiger partial charge in [0.1, 0.15) is 17.1 Å². The molecular formula is C23H27NO6S. The van der Waals surface area contributed by atoms with E-state index < -0.39 is 23.3 Å². The number of carbonyl (C=O) groups excluding carboxylic acids is 1. The van der Waals surface area contributed by atoms with E-state index in [0.717, 1.165) is 17.7 Å². The Morgan fingerprint density at radius 2 is 2.06 bits per heavy atom. The molecule has 0 fully saturated rings. The number of carboxylic acid groups (broad SMARTS) is 1. The van der Waals surface area contributed by atoms with Gasteiger partial charge in [-0.1, -0.05) is 26.3 Å². The van der Waals surface area contributed by atoms with Crippen molar-refractivity contribution in [1.29, 1.82) is 0 Å². The Kier molecular flexibility index (Phi) is 8.81. The zero-order chi connectivity index (χ0) is 23.0. The van der Waals surface area contributed by atoms with Crippen molar-refractivity contribution in [3.63, 3.8) is 0 Å². The molecule has 8 heteroatoms. The van der Waals surface area contributed by atoms with Crippen molar-refractivity contribution in [2.24, 2.45) is 0 Å². The Hall–Kier alpha value is -3.13. The molecule has 166 valence electrons. The molecule has 0 radical (unpaired) electrons. The maximum absolute atomic E-state index is 12.8. The Balaban J connectivity index is 2.14. The van der Waals surface area contributed by atoms with Gasteiger partial charge in [0.25, 0.3) is 0 Å². The normalized spacial score (nSPS) is 12.8. The largest absolute Gasteiger partial charge is 0.507 e. The van der Waals surface area contributed by atoms with Gasteiger partial charge in [0, 0.05) is 27.9 Å². The molecule has 31 heavy (non-hydrogen) atoms. The molecule has 7 nitrogen and oxygen atoms in total. The van der Waals surface area contributed by atoms with E-state index in [1.165, 1.54) is 17.1 Å². The van der Waals surface area contributed by atoms with Gasteiger partial charge in [0.05, 0.1) is 0 Å². The van der Waals surface area contributed by atoms with Crippen molar-refractivity contribution < 1.29 is 24.2 Å². The number of aryl methyl sites for hydroxylation is 1. The third kappa shape index (κ3) is 6.96. The second-order valence-electron chi connectivity index (χ2n) is 7.24. The SMILES string of the molecule is CCCc1ccc(/C=C(\C)C(=O)c2c(O)cc(C(C)CCC=CNC(=O)O)oc2=O)s1. The number of nitrogens with one attached hydrogen (secondary N) is 1. The number of hydrogen-bond acceptors (Lipinski definition) is 6. The molecule has 0 saturated heterocycles. The molecule has 2 aromatic heterocycles. The van der Waals surface area contributed by atoms with Crippen molar-refractivity contribution in [1.82, 2.24) is 5.32 Å². The smallest absolute Gasteiger partial charge is 0.408 e. The lowest BCUT2D eigenvalue weighted by molar-refractivity contribution is 0.102. The van der Waals surface area contributed by atoms with E-state index in [2.05, 4.69) is 12.2 Å². The highest BCUT2D eigenvalue weighted by Crippen LogP contribution is 2.27. The van der Waals surface area contributed by atoms with Gasteiger partial charge in [0.2, 0.25) is 0 Å². The minimum atomic E-state index is -1.15. The summed E-state index contributed by atoms with van der Waals surface area (Å²) in [4.78, 5) is 37.7. The average molecular weight is 446 g/mol. The summed E-state index contributed by atoms with van der Waals surface area (Å²) in [6.07, 6.45) is 6.63. The number of amides is 1. The van der Waals surface area contributed by atoms with E-state index in [9.17, 15) is 19.5 Å². The third-order valence-electron chi connectivity index (χ3n) is 4.65. The Labute approximate surface area is 184 Å². The Morgan fingerprint density at radius 1 is 1.32 bits per heavy atom. The maximum atomic E-state index is 12.8. The van der Waals surface area contributed by atoms with E-state index in [0.29, 0.717) is 18.4 Å². The summed E-state index contributed by atoms with van der Waals surface area (Å²) in [6.45, 7) is 5.52. The van der Waals surface area contributed by atoms with Gasteiger partial charge in [0.15, 0.2) is 5.78 Å². The number of carbonyl (C=O) groups is 2. The molecule has 0 bridgehead atoms. The predicted octanol–water partition coefficient (Wildman–Crippen LogP) is 5.31. The second kappa shape index (κ2) is 11.3. The lowest BCUT2D eigenvalue weighted by atomic mass is 10.00. The summed E-state index contributed by atoms with van der Waals surface area (Å²) in [5.74, 6) is -0.921. The van der Waals surface area contributed by atoms with Gasteiger partial charge in [-0.05, 0) is 50.0 Å². The molecule has 0 aliphatic heterocycles. The second-order valence-corrected chi connectivity index (χ2v) is 8.44. The molecule has 0 aliphatic carbocycles. The fourth-order valence-electron chi connectivity index (χ4n) is 2.98. The molecule has 2 heterocycles. The van der Waals surface area contributed by atoms with E-state index in [-0.39, 0.29) is 17.2 Å². The number of Topliss-reactive ketones (excluding diaryl/α,β-unsaturated/α-hetero) is 1. The van der Waals surface area contributed by atoms with Crippen LogP contribution < -0.4 is 10.9 Å². The van der Waals surface area contributed by atoms with E-state index in [1.807, 2.05) is 19.1 Å². The molecule has 1 atom stereocenters. The molecule has 2 rings (SSSR count). The summed E-state index contributed by atoms with van der Waals surface area (Å²) in [5, 5.41) is 21.0. The van der Waals surface area contributed by atoms with Gasteiger partial charge in [-0.15, -0.1) is 11.3 Å². The van der Waals surface area contributed by atoms with Gasteiger partial charge in [-0.25, -0.2) is 9.59 Å². The van der Waals surface area contributed by atoms with Crippen molar-refractivity contribution in [3.05, 3.63) is 67.5 Å². The van der Waals surface area contributed by atoms with Crippen LogP contribution in [0.25, 0.3) is 6.08 Å². The minimum Gasteiger partial charge on any atom is -0.507 e. The van der Waals surface area contributed by atoms with E-state index in [4.69, 9.17) is 9.52 Å². The molecule has 1 amide bonds. The predicted molar refractivity (Wildman–Crippen MR) is 121 cm³/mol. The number of hydrogen-bond donors (Lipinski definition) is 3. The highest BCUT2D eigenvalue weighted by molar-refractivity contribution is 7.12. The lowest BCUT2D eigenvalue weighted by Crippen LogP contribution is -2.16. The monoisotopic (exact) mass is 445 g/mol. The van der Waals surface area contributed by atoms with Crippen LogP contribution in [-0.4, -0.2) is 22.1 Å². The van der Waals surface area contributed by atoms with Crippen molar-refractivity contribution in [3.8, 4) is 5.75 Å². The standard InChI is InChI=1S/C23H27NO6S/c1-4-7-16-9-10-17(31-16)12-15(3)21(26)20-18(25)13-19(30-22(20)27)14(2)8-5-6-11-24-23(28)29/h6,9-14,24-25H,4-5,7-8H2,1-3H3,(H,28,29)/b11-6?,15-12+. The van der Waals surface area contributed by atoms with Crippen LogP contribution in [0.2, 0.25) is 0 Å². The molecule has 1 unspecified atom stereocenters. The molecule has 0 saturated carbocycles. The first-order chi connectivity index (χ1) is 14.7. The highest BCUT2D eigenvalue weighted by Gasteiger charge is 2.22. The van der Waals surface area contributed by atoms with Crippen LogP contribution in [0.5, 0.6) is 5.75 Å². The van der Waals surface area contributed by atoms with Crippen molar-refractivity contribution in [2.75, 3.05) is 0 Å². The van der Waals surface area contributed by atoms with E-state index in [1.54, 1.807) is 30.4 Å². The molecule has 2 aromatic rings. The summed E-state index contributed by atoms with van der Waals surface area (Å²) in [5.41, 5.74) is -0.912. The molecule has 3 N–H and O–H groups in total. The topological polar surface area (TPSA) is 117 Å². The van der Waals surface area contributed by atoms with Crippen LogP contribution in [0, 0.1) is 0 Å². The fraction of sp³-hybridized carbons (Fsp3) is 0.348. The van der Waals surface area contributed by atoms with Crippen molar-refractivity contribution in [2.45, 2.75) is 52.4 Å². The van der Waals surface area contributed by atoms with Crippen LogP contribution in [-0.2, 0) is 6.42 Å². The first kappa shape index (κ1) is 24.1. The Bertz CT molecular complexity index is 1050. The van der Waals surface area contributed by atoms with Crippen LogP contribution in [0.1, 0.15) is 71.8 Å². The number of aromatic hydroxyl groups is 1. The molecule has 0 aromatic carbocycles. The fourth-order valence-corrected chi connectivity index (χ4v) is 4.10. The van der Waals surface area contributed by atoms with Crippen molar-refractivity contribution >= 4 is 29.3 Å². The summed E-state index contributed by atoms with van der Waals surface area (Å²) >= 11 is 1.59. The summed E-state index contributed by atoms with van der Waals surface area (Å²) < 4.78 is 5.31. The van der Waals surface area contributed by atoms with Crippen LogP contribution in [0.4, 0.5) is 4.79 Å².